The van der Waals surface area contributed by atoms with E-state index in [0.717, 1.165) is 12.1 Å². The summed E-state index contributed by atoms with van der Waals surface area (Å²) in [6.45, 7) is 0.759. The summed E-state index contributed by atoms with van der Waals surface area (Å²) >= 11 is 0. The zero-order valence-electron chi connectivity index (χ0n) is 9.69. The quantitative estimate of drug-likeness (QED) is 0.808. The first-order valence-electron chi connectivity index (χ1n) is 6.13. The molecule has 1 aromatic carbocycles. The molecule has 0 bridgehead atoms. The second kappa shape index (κ2) is 3.95. The minimum Gasteiger partial charge on any atom is -0.408 e. The third-order valence-corrected chi connectivity index (χ3v) is 3.61. The van der Waals surface area contributed by atoms with Crippen molar-refractivity contribution in [3.8, 4) is 0 Å². The lowest BCUT2D eigenvalue weighted by atomic mass is 10.1. The third-order valence-electron chi connectivity index (χ3n) is 3.61. The van der Waals surface area contributed by atoms with Crippen LogP contribution in [0.1, 0.15) is 25.7 Å². The Balaban J connectivity index is 2.04. The highest BCUT2D eigenvalue weighted by atomic mass is 16.4. The van der Waals surface area contributed by atoms with Crippen molar-refractivity contribution in [3.05, 3.63) is 28.7 Å². The predicted octanol–water partition coefficient (Wildman–Crippen LogP) is 2.37. The van der Waals surface area contributed by atoms with Gasteiger partial charge in [-0.2, -0.15) is 0 Å². The topological polar surface area (TPSA) is 61.2 Å². The van der Waals surface area contributed by atoms with E-state index in [1.54, 1.807) is 16.7 Å². The van der Waals surface area contributed by atoms with Crippen molar-refractivity contribution >= 4 is 16.8 Å². The van der Waals surface area contributed by atoms with E-state index in [1.807, 2.05) is 6.07 Å². The van der Waals surface area contributed by atoms with Gasteiger partial charge in [0, 0.05) is 12.2 Å². The number of nitrogen functional groups attached to an aromatic ring is 1. The van der Waals surface area contributed by atoms with Crippen molar-refractivity contribution in [2.24, 2.45) is 5.92 Å². The summed E-state index contributed by atoms with van der Waals surface area (Å²) in [5.41, 5.74) is 7.87. The van der Waals surface area contributed by atoms with Crippen molar-refractivity contribution in [3.63, 3.8) is 0 Å². The van der Waals surface area contributed by atoms with Crippen molar-refractivity contribution in [1.29, 1.82) is 0 Å². The van der Waals surface area contributed by atoms with Gasteiger partial charge in [0.15, 0.2) is 5.58 Å². The Bertz CT molecular complexity index is 591. The Kier molecular flexibility index (Phi) is 2.42. The van der Waals surface area contributed by atoms with Crippen molar-refractivity contribution in [2.45, 2.75) is 32.2 Å². The van der Waals surface area contributed by atoms with E-state index in [1.165, 1.54) is 25.7 Å². The highest BCUT2D eigenvalue weighted by Gasteiger charge is 2.18. The van der Waals surface area contributed by atoms with Gasteiger partial charge in [-0.3, -0.25) is 4.57 Å². The molecule has 1 heterocycles. The normalized spacial score (nSPS) is 16.9. The zero-order chi connectivity index (χ0) is 11.8. The van der Waals surface area contributed by atoms with Crippen LogP contribution in [0.2, 0.25) is 0 Å². The summed E-state index contributed by atoms with van der Waals surface area (Å²) in [7, 11) is 0. The van der Waals surface area contributed by atoms with Crippen molar-refractivity contribution in [2.75, 3.05) is 5.73 Å². The number of oxazole rings is 1. The number of anilines is 1. The van der Waals surface area contributed by atoms with E-state index in [0.29, 0.717) is 17.2 Å². The maximum absolute atomic E-state index is 11.8. The molecule has 0 radical (unpaired) electrons. The first kappa shape index (κ1) is 10.4. The van der Waals surface area contributed by atoms with Gasteiger partial charge in [0.1, 0.15) is 0 Å². The second-order valence-electron chi connectivity index (χ2n) is 4.86. The Labute approximate surface area is 99.0 Å². The van der Waals surface area contributed by atoms with Crippen LogP contribution in [0.25, 0.3) is 11.1 Å². The fraction of sp³-hybridized carbons (Fsp3) is 0.462. The number of nitrogens with two attached hydrogens (primary N) is 1. The zero-order valence-corrected chi connectivity index (χ0v) is 9.69. The van der Waals surface area contributed by atoms with Crippen LogP contribution < -0.4 is 11.5 Å². The molecule has 0 saturated heterocycles. The number of rotatable bonds is 2. The predicted molar refractivity (Wildman–Crippen MR) is 66.8 cm³/mol. The third kappa shape index (κ3) is 1.84. The van der Waals surface area contributed by atoms with Crippen LogP contribution in [-0.4, -0.2) is 4.57 Å². The Morgan fingerprint density at radius 1 is 1.35 bits per heavy atom. The fourth-order valence-electron chi connectivity index (χ4n) is 2.70. The van der Waals surface area contributed by atoms with Gasteiger partial charge in [0.05, 0.1) is 5.52 Å². The highest BCUT2D eigenvalue weighted by molar-refractivity contribution is 5.76. The number of benzene rings is 1. The molecule has 0 aliphatic heterocycles. The van der Waals surface area contributed by atoms with Gasteiger partial charge < -0.3 is 10.2 Å². The van der Waals surface area contributed by atoms with Crippen LogP contribution in [0.5, 0.6) is 0 Å². The standard InChI is InChI=1S/C13H16N2O2/c14-10-5-6-12-11(7-10)15(13(16)17-12)8-9-3-1-2-4-9/h5-7,9H,1-4,8,14H2. The number of fused-ring (bicyclic) bond motifs is 1. The molecule has 4 nitrogen and oxygen atoms in total. The Hall–Kier alpha value is -1.71. The molecular formula is C13H16N2O2. The van der Waals surface area contributed by atoms with Crippen molar-refractivity contribution < 1.29 is 4.42 Å². The van der Waals surface area contributed by atoms with Gasteiger partial charge >= 0.3 is 5.76 Å². The van der Waals surface area contributed by atoms with E-state index in [4.69, 9.17) is 10.2 Å². The molecule has 0 amide bonds. The van der Waals surface area contributed by atoms with Gasteiger partial charge in [0.2, 0.25) is 0 Å². The second-order valence-corrected chi connectivity index (χ2v) is 4.86. The lowest BCUT2D eigenvalue weighted by Crippen LogP contribution is -2.18. The van der Waals surface area contributed by atoms with Crippen LogP contribution in [-0.2, 0) is 6.54 Å². The largest absolute Gasteiger partial charge is 0.419 e. The summed E-state index contributed by atoms with van der Waals surface area (Å²) in [6.07, 6.45) is 4.97. The maximum atomic E-state index is 11.8. The monoisotopic (exact) mass is 232 g/mol. The fourth-order valence-corrected chi connectivity index (χ4v) is 2.70. The Morgan fingerprint density at radius 3 is 2.88 bits per heavy atom. The highest BCUT2D eigenvalue weighted by Crippen LogP contribution is 2.27. The molecule has 1 saturated carbocycles. The molecule has 4 heteroatoms. The average molecular weight is 232 g/mol. The van der Waals surface area contributed by atoms with Gasteiger partial charge in [0.25, 0.3) is 0 Å². The molecule has 0 unspecified atom stereocenters. The summed E-state index contributed by atoms with van der Waals surface area (Å²) in [5.74, 6) is 0.340. The van der Waals surface area contributed by atoms with Crippen LogP contribution in [0.3, 0.4) is 0 Å². The maximum Gasteiger partial charge on any atom is 0.419 e. The number of hydrogen-bond donors (Lipinski definition) is 1. The number of hydrogen-bond acceptors (Lipinski definition) is 3. The minimum absolute atomic E-state index is 0.266. The van der Waals surface area contributed by atoms with Crippen LogP contribution in [0.4, 0.5) is 5.69 Å². The van der Waals surface area contributed by atoms with Gasteiger partial charge in [-0.25, -0.2) is 4.79 Å². The minimum atomic E-state index is -0.266. The molecule has 1 aliphatic carbocycles. The van der Waals surface area contributed by atoms with E-state index in [9.17, 15) is 4.79 Å². The van der Waals surface area contributed by atoms with Crippen LogP contribution >= 0.6 is 0 Å². The Morgan fingerprint density at radius 2 is 2.12 bits per heavy atom. The molecule has 17 heavy (non-hydrogen) atoms. The SMILES string of the molecule is Nc1ccc2oc(=O)n(CC3CCCC3)c2c1. The van der Waals surface area contributed by atoms with E-state index in [2.05, 4.69) is 0 Å². The lowest BCUT2D eigenvalue weighted by molar-refractivity contribution is 0.423. The average Bonchev–Trinajstić information content (AvgIpc) is 2.90. The van der Waals surface area contributed by atoms with Crippen LogP contribution in [0, 0.1) is 5.92 Å². The molecule has 0 atom stereocenters. The first-order valence-corrected chi connectivity index (χ1v) is 6.13. The smallest absolute Gasteiger partial charge is 0.408 e. The lowest BCUT2D eigenvalue weighted by Gasteiger charge is -2.08. The molecule has 0 spiro atoms. The van der Waals surface area contributed by atoms with E-state index in [-0.39, 0.29) is 5.76 Å². The molecule has 3 rings (SSSR count). The molecular weight excluding hydrogens is 216 g/mol. The molecule has 1 fully saturated rings. The molecule has 90 valence electrons. The summed E-state index contributed by atoms with van der Waals surface area (Å²) in [6, 6.07) is 5.33. The number of nitrogens with zero attached hydrogens (tertiary/aromatic N) is 1. The van der Waals surface area contributed by atoms with Gasteiger partial charge in [-0.05, 0) is 37.0 Å². The van der Waals surface area contributed by atoms with Gasteiger partial charge in [-0.15, -0.1) is 0 Å². The molecule has 1 aliphatic rings. The van der Waals surface area contributed by atoms with Crippen LogP contribution in [0.15, 0.2) is 27.4 Å². The van der Waals surface area contributed by atoms with Gasteiger partial charge in [-0.1, -0.05) is 12.8 Å². The molecule has 1 aromatic heterocycles. The van der Waals surface area contributed by atoms with E-state index >= 15 is 0 Å². The molecule has 2 N–H and O–H groups in total. The van der Waals surface area contributed by atoms with E-state index < -0.39 is 0 Å². The summed E-state index contributed by atoms with van der Waals surface area (Å²) < 4.78 is 6.94. The molecule has 2 aromatic rings. The number of aromatic nitrogens is 1. The summed E-state index contributed by atoms with van der Waals surface area (Å²) in [5, 5.41) is 0. The summed E-state index contributed by atoms with van der Waals surface area (Å²) in [4.78, 5) is 11.8. The first-order chi connectivity index (χ1) is 8.24. The van der Waals surface area contributed by atoms with Crippen molar-refractivity contribution in [1.82, 2.24) is 4.57 Å².